The molecule has 0 fully saturated rings. The summed E-state index contributed by atoms with van der Waals surface area (Å²) >= 11 is 0. The summed E-state index contributed by atoms with van der Waals surface area (Å²) in [4.78, 5) is 10.9. The topological polar surface area (TPSA) is 39.4 Å². The Morgan fingerprint density at radius 1 is 1.53 bits per heavy atom. The minimum absolute atomic E-state index is 0.322. The maximum absolute atomic E-state index is 10.9. The van der Waals surface area contributed by atoms with Crippen LogP contribution in [0.3, 0.4) is 0 Å². The molecule has 0 spiro atoms. The van der Waals surface area contributed by atoms with Crippen LogP contribution in [-0.2, 0) is 17.6 Å². The summed E-state index contributed by atoms with van der Waals surface area (Å²) in [5.41, 5.74) is 2.23. The lowest BCUT2D eigenvalue weighted by Gasteiger charge is -2.16. The first-order chi connectivity index (χ1) is 7.08. The van der Waals surface area contributed by atoms with Gasteiger partial charge in [-0.2, -0.15) is 0 Å². The summed E-state index contributed by atoms with van der Waals surface area (Å²) < 4.78 is 10.6. The van der Waals surface area contributed by atoms with E-state index in [-0.39, 0.29) is 5.97 Å². The maximum atomic E-state index is 10.9. The second-order valence-electron chi connectivity index (χ2n) is 4.36. The molecule has 0 amide bonds. The van der Waals surface area contributed by atoms with Crippen molar-refractivity contribution in [1.29, 1.82) is 0 Å². The molecular weight excluding hydrogens is 192 g/mol. The first kappa shape index (κ1) is 10.3. The number of ether oxygens (including phenoxy) is 1. The third-order valence-electron chi connectivity index (χ3n) is 2.97. The molecule has 1 aromatic rings. The van der Waals surface area contributed by atoms with Gasteiger partial charge in [-0.15, -0.1) is 0 Å². The highest BCUT2D eigenvalue weighted by Crippen LogP contribution is 2.35. The molecule has 0 saturated heterocycles. The molecule has 3 heteroatoms. The highest BCUT2D eigenvalue weighted by Gasteiger charge is 2.24. The van der Waals surface area contributed by atoms with Gasteiger partial charge in [-0.3, -0.25) is 4.79 Å². The van der Waals surface area contributed by atoms with E-state index >= 15 is 0 Å². The van der Waals surface area contributed by atoms with Gasteiger partial charge in [0.2, 0.25) is 0 Å². The van der Waals surface area contributed by atoms with Crippen molar-refractivity contribution >= 4 is 5.97 Å². The molecule has 1 heterocycles. The van der Waals surface area contributed by atoms with Gasteiger partial charge in [0, 0.05) is 24.5 Å². The third-order valence-corrected chi connectivity index (χ3v) is 2.97. The predicted molar refractivity (Wildman–Crippen MR) is 55.9 cm³/mol. The lowest BCUT2D eigenvalue weighted by atomic mass is 9.88. The summed E-state index contributed by atoms with van der Waals surface area (Å²) in [6.45, 7) is 5.56. The summed E-state index contributed by atoms with van der Waals surface area (Å²) in [6.07, 6.45) is 3.18. The Labute approximate surface area is 89.4 Å². The van der Waals surface area contributed by atoms with Crippen molar-refractivity contribution in [2.75, 3.05) is 0 Å². The molecule has 1 aliphatic carbocycles. The van der Waals surface area contributed by atoms with Crippen molar-refractivity contribution in [2.24, 2.45) is 5.92 Å². The number of furan rings is 1. The molecule has 15 heavy (non-hydrogen) atoms. The predicted octanol–water partition coefficient (Wildman–Crippen LogP) is 2.64. The van der Waals surface area contributed by atoms with Crippen LogP contribution < -0.4 is 4.74 Å². The highest BCUT2D eigenvalue weighted by atomic mass is 16.6. The number of hydrogen-bond donors (Lipinski definition) is 0. The Morgan fingerprint density at radius 3 is 2.93 bits per heavy atom. The van der Waals surface area contributed by atoms with Gasteiger partial charge < -0.3 is 9.15 Å². The van der Waals surface area contributed by atoms with E-state index < -0.39 is 0 Å². The van der Waals surface area contributed by atoms with Gasteiger partial charge in [0.25, 0.3) is 5.95 Å². The molecule has 0 saturated carbocycles. The smallest absolute Gasteiger partial charge is 0.310 e. The van der Waals surface area contributed by atoms with E-state index in [9.17, 15) is 4.79 Å². The van der Waals surface area contributed by atoms with Crippen molar-refractivity contribution in [2.45, 2.75) is 40.0 Å². The van der Waals surface area contributed by atoms with Crippen LogP contribution in [0, 0.1) is 12.8 Å². The van der Waals surface area contributed by atoms with Crippen LogP contribution in [0.1, 0.15) is 37.2 Å². The normalized spacial score (nSPS) is 19.8. The SMILES string of the molecule is CC(=O)Oc1oc2c(c1C)CCC(C)C2. The number of fused-ring (bicyclic) bond motifs is 1. The largest absolute Gasteiger partial charge is 0.430 e. The highest BCUT2D eigenvalue weighted by molar-refractivity contribution is 5.69. The zero-order valence-electron chi connectivity index (χ0n) is 9.42. The zero-order valence-corrected chi connectivity index (χ0v) is 9.42. The first-order valence-corrected chi connectivity index (χ1v) is 5.37. The van der Waals surface area contributed by atoms with Gasteiger partial charge in [-0.25, -0.2) is 0 Å². The van der Waals surface area contributed by atoms with Gasteiger partial charge in [-0.05, 0) is 25.7 Å². The van der Waals surface area contributed by atoms with E-state index in [1.54, 1.807) is 0 Å². The maximum Gasteiger partial charge on any atom is 0.310 e. The van der Waals surface area contributed by atoms with Gasteiger partial charge in [0.05, 0.1) is 0 Å². The van der Waals surface area contributed by atoms with Gasteiger partial charge >= 0.3 is 5.97 Å². The van der Waals surface area contributed by atoms with Crippen molar-refractivity contribution in [3.63, 3.8) is 0 Å². The molecule has 0 radical (unpaired) electrons. The van der Waals surface area contributed by atoms with Crippen LogP contribution in [0.2, 0.25) is 0 Å². The Hall–Kier alpha value is -1.25. The van der Waals surface area contributed by atoms with Crippen LogP contribution >= 0.6 is 0 Å². The molecule has 1 aliphatic rings. The number of esters is 1. The lowest BCUT2D eigenvalue weighted by Crippen LogP contribution is -2.09. The molecule has 2 rings (SSSR count). The third kappa shape index (κ3) is 1.91. The second-order valence-corrected chi connectivity index (χ2v) is 4.36. The summed E-state index contributed by atoms with van der Waals surface area (Å²) in [6, 6.07) is 0. The number of hydrogen-bond acceptors (Lipinski definition) is 3. The van der Waals surface area contributed by atoms with Crippen molar-refractivity contribution in [1.82, 2.24) is 0 Å². The van der Waals surface area contributed by atoms with Crippen LogP contribution in [0.25, 0.3) is 0 Å². The molecule has 82 valence electrons. The Morgan fingerprint density at radius 2 is 2.27 bits per heavy atom. The van der Waals surface area contributed by atoms with E-state index in [1.165, 1.54) is 18.9 Å². The molecule has 1 aromatic heterocycles. The second kappa shape index (κ2) is 3.72. The zero-order chi connectivity index (χ0) is 11.0. The van der Waals surface area contributed by atoms with Crippen molar-refractivity contribution in [3.8, 4) is 5.95 Å². The Balaban J connectivity index is 2.32. The van der Waals surface area contributed by atoms with Gasteiger partial charge in [-0.1, -0.05) is 6.92 Å². The molecule has 0 N–H and O–H groups in total. The molecule has 0 aromatic carbocycles. The first-order valence-electron chi connectivity index (χ1n) is 5.37. The quantitative estimate of drug-likeness (QED) is 0.666. The molecule has 3 nitrogen and oxygen atoms in total. The monoisotopic (exact) mass is 208 g/mol. The molecule has 0 bridgehead atoms. The van der Waals surface area contributed by atoms with Crippen LogP contribution in [0.4, 0.5) is 0 Å². The van der Waals surface area contributed by atoms with Gasteiger partial charge in [0.15, 0.2) is 0 Å². The standard InChI is InChI=1S/C12H16O3/c1-7-4-5-10-8(2)12(14-9(3)13)15-11(10)6-7/h7H,4-6H2,1-3H3. The number of carbonyl (C=O) groups excluding carboxylic acids is 1. The number of rotatable bonds is 1. The fourth-order valence-electron chi connectivity index (χ4n) is 2.11. The fourth-order valence-corrected chi connectivity index (χ4v) is 2.11. The molecular formula is C12H16O3. The molecule has 1 atom stereocenters. The average molecular weight is 208 g/mol. The molecule has 0 aliphatic heterocycles. The summed E-state index contributed by atoms with van der Waals surface area (Å²) in [5, 5.41) is 0. The lowest BCUT2D eigenvalue weighted by molar-refractivity contribution is -0.133. The van der Waals surface area contributed by atoms with E-state index in [0.29, 0.717) is 11.9 Å². The van der Waals surface area contributed by atoms with Crippen molar-refractivity contribution in [3.05, 3.63) is 16.9 Å². The van der Waals surface area contributed by atoms with E-state index in [0.717, 1.165) is 24.2 Å². The van der Waals surface area contributed by atoms with E-state index in [4.69, 9.17) is 9.15 Å². The average Bonchev–Trinajstić information content (AvgIpc) is 2.42. The summed E-state index contributed by atoms with van der Waals surface area (Å²) in [7, 11) is 0. The van der Waals surface area contributed by atoms with Crippen LogP contribution in [0.15, 0.2) is 4.42 Å². The van der Waals surface area contributed by atoms with Crippen LogP contribution in [-0.4, -0.2) is 5.97 Å². The minimum Gasteiger partial charge on any atom is -0.430 e. The Bertz CT molecular complexity index is 390. The van der Waals surface area contributed by atoms with E-state index in [1.807, 2.05) is 6.92 Å². The van der Waals surface area contributed by atoms with Gasteiger partial charge in [0.1, 0.15) is 5.76 Å². The van der Waals surface area contributed by atoms with Crippen LogP contribution in [0.5, 0.6) is 5.95 Å². The number of carbonyl (C=O) groups is 1. The Kier molecular flexibility index (Phi) is 2.55. The minimum atomic E-state index is -0.322. The van der Waals surface area contributed by atoms with E-state index in [2.05, 4.69) is 6.92 Å². The van der Waals surface area contributed by atoms with Crippen molar-refractivity contribution < 1.29 is 13.9 Å². The summed E-state index contributed by atoms with van der Waals surface area (Å²) in [5.74, 6) is 1.73. The molecule has 1 unspecified atom stereocenters. The fraction of sp³-hybridized carbons (Fsp3) is 0.583.